The average molecular weight is 362 g/mol. The molecule has 0 spiro atoms. The van der Waals surface area contributed by atoms with Crippen LogP contribution < -0.4 is 5.32 Å². The predicted molar refractivity (Wildman–Crippen MR) is 92.1 cm³/mol. The first-order valence-corrected chi connectivity index (χ1v) is 7.91. The summed E-state index contributed by atoms with van der Waals surface area (Å²) in [6, 6.07) is 12.4. The highest BCUT2D eigenvalue weighted by Gasteiger charge is 2.13. The Morgan fingerprint density at radius 2 is 1.92 bits per heavy atom. The van der Waals surface area contributed by atoms with Gasteiger partial charge in [-0.1, -0.05) is 58.2 Å². The number of aryl methyl sites for hydroxylation is 1. The summed E-state index contributed by atoms with van der Waals surface area (Å²) in [5.74, 6) is 0.412. The largest absolute Gasteiger partial charge is 0.343 e. The summed E-state index contributed by atoms with van der Waals surface area (Å²) < 4.78 is 5.15. The molecule has 3 aromatic rings. The van der Waals surface area contributed by atoms with Crippen molar-refractivity contribution in [3.8, 4) is 11.4 Å². The molecule has 7 heteroatoms. The third-order valence-electron chi connectivity index (χ3n) is 3.35. The maximum atomic E-state index is 12.2. The fourth-order valence-electron chi connectivity index (χ4n) is 2.07. The highest BCUT2D eigenvalue weighted by molar-refractivity contribution is 6.35. The van der Waals surface area contributed by atoms with Crippen LogP contribution in [0, 0.1) is 6.92 Å². The number of carbonyl (C=O) groups is 1. The molecule has 1 aromatic heterocycles. The molecular weight excluding hydrogens is 349 g/mol. The Labute approximate surface area is 148 Å². The number of hydrogen-bond donors (Lipinski definition) is 1. The molecule has 0 saturated carbocycles. The van der Waals surface area contributed by atoms with Gasteiger partial charge in [0, 0.05) is 10.6 Å². The zero-order chi connectivity index (χ0) is 17.1. The quantitative estimate of drug-likeness (QED) is 0.752. The molecule has 0 unspecified atom stereocenters. The van der Waals surface area contributed by atoms with E-state index >= 15 is 0 Å². The maximum Gasteiger partial charge on any atom is 0.253 e. The van der Waals surface area contributed by atoms with Gasteiger partial charge in [0.15, 0.2) is 0 Å². The van der Waals surface area contributed by atoms with Crippen LogP contribution >= 0.6 is 23.2 Å². The zero-order valence-electron chi connectivity index (χ0n) is 12.7. The fourth-order valence-corrected chi connectivity index (χ4v) is 2.44. The summed E-state index contributed by atoms with van der Waals surface area (Å²) in [5, 5.41) is 7.35. The Morgan fingerprint density at radius 1 is 1.17 bits per heavy atom. The second-order valence-electron chi connectivity index (χ2n) is 5.18. The molecule has 0 radical (unpaired) electrons. The number of halogens is 2. The summed E-state index contributed by atoms with van der Waals surface area (Å²) >= 11 is 11.9. The van der Waals surface area contributed by atoms with Crippen LogP contribution in [-0.2, 0) is 6.54 Å². The van der Waals surface area contributed by atoms with Crippen LogP contribution in [0.2, 0.25) is 10.0 Å². The lowest BCUT2D eigenvalue weighted by molar-refractivity contribution is 0.0946. The highest BCUT2D eigenvalue weighted by atomic mass is 35.5. The van der Waals surface area contributed by atoms with Crippen molar-refractivity contribution in [3.05, 3.63) is 69.5 Å². The smallest absolute Gasteiger partial charge is 0.253 e. The number of aromatic nitrogens is 2. The molecule has 1 amide bonds. The normalized spacial score (nSPS) is 10.6. The highest BCUT2D eigenvalue weighted by Crippen LogP contribution is 2.21. The molecule has 1 N–H and O–H groups in total. The summed E-state index contributed by atoms with van der Waals surface area (Å²) in [4.78, 5) is 16.4. The topological polar surface area (TPSA) is 68.0 Å². The molecule has 0 aliphatic rings. The standard InChI is InChI=1S/C17H13Cl2N3O2/c1-10-2-4-11(5-3-10)16-21-15(24-22-16)9-20-17(23)13-8-12(18)6-7-14(13)19/h2-8H,9H2,1H3,(H,20,23). The molecule has 0 atom stereocenters. The van der Waals surface area contributed by atoms with Crippen LogP contribution in [0.15, 0.2) is 47.0 Å². The van der Waals surface area contributed by atoms with Gasteiger partial charge in [-0.2, -0.15) is 4.98 Å². The Kier molecular flexibility index (Phi) is 4.83. The molecule has 24 heavy (non-hydrogen) atoms. The number of carbonyl (C=O) groups excluding carboxylic acids is 1. The molecule has 122 valence electrons. The van der Waals surface area contributed by atoms with Crippen molar-refractivity contribution < 1.29 is 9.32 Å². The first kappa shape index (κ1) is 16.5. The third kappa shape index (κ3) is 3.75. The lowest BCUT2D eigenvalue weighted by atomic mass is 10.1. The van der Waals surface area contributed by atoms with Crippen molar-refractivity contribution in [1.29, 1.82) is 0 Å². The number of nitrogens with zero attached hydrogens (tertiary/aromatic N) is 2. The van der Waals surface area contributed by atoms with Crippen molar-refractivity contribution in [2.75, 3.05) is 0 Å². The summed E-state index contributed by atoms with van der Waals surface area (Å²) in [6.07, 6.45) is 0. The van der Waals surface area contributed by atoms with E-state index in [0.717, 1.165) is 11.1 Å². The van der Waals surface area contributed by atoms with Crippen LogP contribution in [-0.4, -0.2) is 16.0 Å². The molecular formula is C17H13Cl2N3O2. The molecule has 0 aliphatic heterocycles. The molecule has 0 aliphatic carbocycles. The van der Waals surface area contributed by atoms with E-state index in [1.54, 1.807) is 12.1 Å². The molecule has 1 heterocycles. The van der Waals surface area contributed by atoms with Gasteiger partial charge < -0.3 is 9.84 Å². The lowest BCUT2D eigenvalue weighted by Gasteiger charge is -2.04. The predicted octanol–water partition coefficient (Wildman–Crippen LogP) is 4.28. The second kappa shape index (κ2) is 7.03. The van der Waals surface area contributed by atoms with Gasteiger partial charge in [-0.15, -0.1) is 0 Å². The fraction of sp³-hybridized carbons (Fsp3) is 0.118. The van der Waals surface area contributed by atoms with Gasteiger partial charge in [-0.05, 0) is 25.1 Å². The van der Waals surface area contributed by atoms with Crippen molar-refractivity contribution in [3.63, 3.8) is 0 Å². The minimum absolute atomic E-state index is 0.0978. The maximum absolute atomic E-state index is 12.2. The average Bonchev–Trinajstić information content (AvgIpc) is 3.04. The Bertz CT molecular complexity index is 876. The number of amides is 1. The van der Waals surface area contributed by atoms with E-state index in [4.69, 9.17) is 27.7 Å². The van der Waals surface area contributed by atoms with E-state index in [1.165, 1.54) is 6.07 Å². The van der Waals surface area contributed by atoms with Gasteiger partial charge in [-0.3, -0.25) is 4.79 Å². The van der Waals surface area contributed by atoms with E-state index in [9.17, 15) is 4.79 Å². The molecule has 0 bridgehead atoms. The number of hydrogen-bond acceptors (Lipinski definition) is 4. The Hall–Kier alpha value is -2.37. The summed E-state index contributed by atoms with van der Waals surface area (Å²) in [6.45, 7) is 2.10. The molecule has 5 nitrogen and oxygen atoms in total. The van der Waals surface area contributed by atoms with Gasteiger partial charge in [0.2, 0.25) is 11.7 Å². The number of benzene rings is 2. The molecule has 3 rings (SSSR count). The number of rotatable bonds is 4. The van der Waals surface area contributed by atoms with Crippen LogP contribution in [0.3, 0.4) is 0 Å². The van der Waals surface area contributed by atoms with Crippen molar-refractivity contribution in [1.82, 2.24) is 15.5 Å². The van der Waals surface area contributed by atoms with Gasteiger partial charge in [0.05, 0.1) is 17.1 Å². The van der Waals surface area contributed by atoms with E-state index in [-0.39, 0.29) is 12.5 Å². The van der Waals surface area contributed by atoms with Crippen LogP contribution in [0.5, 0.6) is 0 Å². The first-order chi connectivity index (χ1) is 11.5. The third-order valence-corrected chi connectivity index (χ3v) is 3.92. The van der Waals surface area contributed by atoms with E-state index in [2.05, 4.69) is 15.5 Å². The molecule has 0 saturated heterocycles. The van der Waals surface area contributed by atoms with E-state index in [1.807, 2.05) is 31.2 Å². The van der Waals surface area contributed by atoms with E-state index < -0.39 is 0 Å². The second-order valence-corrected chi connectivity index (χ2v) is 6.03. The Balaban J connectivity index is 1.68. The first-order valence-electron chi connectivity index (χ1n) is 7.16. The molecule has 0 fully saturated rings. The minimum atomic E-state index is -0.363. The lowest BCUT2D eigenvalue weighted by Crippen LogP contribution is -2.23. The summed E-state index contributed by atoms with van der Waals surface area (Å²) in [7, 11) is 0. The zero-order valence-corrected chi connectivity index (χ0v) is 14.2. The minimum Gasteiger partial charge on any atom is -0.343 e. The van der Waals surface area contributed by atoms with Crippen LogP contribution in [0.25, 0.3) is 11.4 Å². The number of nitrogens with one attached hydrogen (secondary N) is 1. The van der Waals surface area contributed by atoms with E-state index in [0.29, 0.717) is 27.3 Å². The monoisotopic (exact) mass is 361 g/mol. The van der Waals surface area contributed by atoms with Crippen molar-refractivity contribution in [2.24, 2.45) is 0 Å². The van der Waals surface area contributed by atoms with Crippen molar-refractivity contribution in [2.45, 2.75) is 13.5 Å². The van der Waals surface area contributed by atoms with Crippen LogP contribution in [0.4, 0.5) is 0 Å². The van der Waals surface area contributed by atoms with Crippen LogP contribution in [0.1, 0.15) is 21.8 Å². The van der Waals surface area contributed by atoms with Gasteiger partial charge in [0.25, 0.3) is 5.91 Å². The Morgan fingerprint density at radius 3 is 2.67 bits per heavy atom. The molecule has 2 aromatic carbocycles. The summed E-state index contributed by atoms with van der Waals surface area (Å²) in [5.41, 5.74) is 2.29. The van der Waals surface area contributed by atoms with Gasteiger partial charge in [0.1, 0.15) is 0 Å². The van der Waals surface area contributed by atoms with Gasteiger partial charge >= 0.3 is 0 Å². The van der Waals surface area contributed by atoms with Crippen molar-refractivity contribution >= 4 is 29.1 Å². The SMILES string of the molecule is Cc1ccc(-c2noc(CNC(=O)c3cc(Cl)ccc3Cl)n2)cc1. The van der Waals surface area contributed by atoms with Gasteiger partial charge in [-0.25, -0.2) is 0 Å².